The number of furan rings is 1. The average molecular weight is 370 g/mol. The second kappa shape index (κ2) is 8.01. The smallest absolute Gasteiger partial charge is 0.217 e. The molecule has 0 atom stereocenters. The molecular formula is C18H18N4O3S. The number of hydrogen-bond donors (Lipinski definition) is 1. The largest absolute Gasteiger partial charge is 0.461 e. The Balaban J connectivity index is 1.60. The zero-order valence-electron chi connectivity index (χ0n) is 14.4. The molecule has 0 spiro atoms. The second-order valence-corrected chi connectivity index (χ2v) is 6.60. The number of thioether (sulfide) groups is 1. The lowest BCUT2D eigenvalue weighted by molar-refractivity contribution is -0.119. The molecule has 26 heavy (non-hydrogen) atoms. The van der Waals surface area contributed by atoms with Crippen LogP contribution < -0.4 is 5.32 Å². The number of amides is 1. The highest BCUT2D eigenvalue weighted by atomic mass is 32.2. The van der Waals surface area contributed by atoms with Gasteiger partial charge in [-0.25, -0.2) is 0 Å². The van der Waals surface area contributed by atoms with Crippen molar-refractivity contribution in [2.45, 2.75) is 18.6 Å². The van der Waals surface area contributed by atoms with Crippen LogP contribution in [0.4, 0.5) is 0 Å². The first-order valence-corrected chi connectivity index (χ1v) is 8.96. The van der Waals surface area contributed by atoms with Gasteiger partial charge in [0.1, 0.15) is 0 Å². The number of Topliss-reactive ketones (excluding diaryl/α,β-unsaturated/α-hetero) is 1. The van der Waals surface area contributed by atoms with Gasteiger partial charge in [-0.2, -0.15) is 0 Å². The lowest BCUT2D eigenvalue weighted by atomic mass is 10.1. The topological polar surface area (TPSA) is 90.0 Å². The Morgan fingerprint density at radius 3 is 2.62 bits per heavy atom. The van der Waals surface area contributed by atoms with Crippen molar-refractivity contribution >= 4 is 23.5 Å². The van der Waals surface area contributed by atoms with Crippen LogP contribution in [0, 0.1) is 0 Å². The van der Waals surface area contributed by atoms with Crippen molar-refractivity contribution in [1.29, 1.82) is 0 Å². The Kier molecular flexibility index (Phi) is 5.52. The highest BCUT2D eigenvalue weighted by molar-refractivity contribution is 7.99. The molecular weight excluding hydrogens is 352 g/mol. The normalized spacial score (nSPS) is 10.7. The molecule has 2 heterocycles. The number of benzene rings is 1. The maximum atomic E-state index is 12.4. The number of rotatable bonds is 7. The average Bonchev–Trinajstić information content (AvgIpc) is 3.28. The van der Waals surface area contributed by atoms with Gasteiger partial charge in [-0.3, -0.25) is 9.59 Å². The summed E-state index contributed by atoms with van der Waals surface area (Å²) in [5.74, 6) is 1.43. The van der Waals surface area contributed by atoms with Crippen molar-refractivity contribution < 1.29 is 14.0 Å². The van der Waals surface area contributed by atoms with Crippen LogP contribution in [0.1, 0.15) is 22.8 Å². The highest BCUT2D eigenvalue weighted by Crippen LogP contribution is 2.23. The molecule has 0 bridgehead atoms. The Bertz CT molecular complexity index is 901. The van der Waals surface area contributed by atoms with E-state index in [9.17, 15) is 9.59 Å². The molecule has 0 aliphatic rings. The predicted octanol–water partition coefficient (Wildman–Crippen LogP) is 2.69. The van der Waals surface area contributed by atoms with E-state index in [0.717, 1.165) is 5.56 Å². The molecule has 0 saturated heterocycles. The van der Waals surface area contributed by atoms with Gasteiger partial charge in [-0.1, -0.05) is 36.0 Å². The Hall–Kier alpha value is -2.87. The van der Waals surface area contributed by atoms with Gasteiger partial charge in [0.15, 0.2) is 22.5 Å². The van der Waals surface area contributed by atoms with E-state index in [4.69, 9.17) is 4.42 Å². The van der Waals surface area contributed by atoms with Crippen LogP contribution in [0.5, 0.6) is 0 Å². The van der Waals surface area contributed by atoms with Crippen molar-refractivity contribution in [2.24, 2.45) is 7.05 Å². The van der Waals surface area contributed by atoms with Gasteiger partial charge >= 0.3 is 0 Å². The number of aromatic nitrogens is 3. The van der Waals surface area contributed by atoms with E-state index in [-0.39, 0.29) is 17.4 Å². The lowest BCUT2D eigenvalue weighted by Gasteiger charge is -2.05. The first-order chi connectivity index (χ1) is 12.5. The fourth-order valence-corrected chi connectivity index (χ4v) is 3.11. The molecule has 134 valence electrons. The van der Waals surface area contributed by atoms with Crippen LogP contribution in [-0.2, 0) is 18.4 Å². The van der Waals surface area contributed by atoms with Gasteiger partial charge in [0, 0.05) is 26.1 Å². The molecule has 3 aromatic rings. The van der Waals surface area contributed by atoms with Crippen LogP contribution >= 0.6 is 11.8 Å². The first-order valence-electron chi connectivity index (χ1n) is 7.97. The van der Waals surface area contributed by atoms with Crippen molar-refractivity contribution in [3.8, 4) is 11.6 Å². The maximum absolute atomic E-state index is 12.4. The van der Waals surface area contributed by atoms with Crippen molar-refractivity contribution in [2.75, 3.05) is 5.75 Å². The Morgan fingerprint density at radius 2 is 1.96 bits per heavy atom. The third-order valence-corrected chi connectivity index (χ3v) is 4.75. The monoisotopic (exact) mass is 370 g/mol. The minimum absolute atomic E-state index is 0.00336. The lowest BCUT2D eigenvalue weighted by Crippen LogP contribution is -2.18. The third kappa shape index (κ3) is 4.20. The van der Waals surface area contributed by atoms with Gasteiger partial charge in [-0.15, -0.1) is 10.2 Å². The summed E-state index contributed by atoms with van der Waals surface area (Å²) in [7, 11) is 1.83. The van der Waals surface area contributed by atoms with E-state index in [1.54, 1.807) is 29.0 Å². The fourth-order valence-electron chi connectivity index (χ4n) is 2.31. The van der Waals surface area contributed by atoms with E-state index in [1.165, 1.54) is 18.7 Å². The SMILES string of the molecule is CC(=O)NCc1ccc(C(=O)CSc2nnc(-c3ccco3)n2C)cc1. The zero-order valence-corrected chi connectivity index (χ0v) is 15.2. The summed E-state index contributed by atoms with van der Waals surface area (Å²) in [6.07, 6.45) is 1.58. The summed E-state index contributed by atoms with van der Waals surface area (Å²) in [6, 6.07) is 10.8. The molecule has 8 heteroatoms. The molecule has 7 nitrogen and oxygen atoms in total. The van der Waals surface area contributed by atoms with E-state index in [1.807, 2.05) is 25.2 Å². The minimum atomic E-state index is -0.0841. The van der Waals surface area contributed by atoms with Crippen molar-refractivity contribution in [3.05, 3.63) is 53.8 Å². The number of ketones is 1. The molecule has 0 radical (unpaired) electrons. The quantitative estimate of drug-likeness (QED) is 0.508. The molecule has 0 saturated carbocycles. The Labute approximate surface area is 154 Å². The van der Waals surface area contributed by atoms with Gasteiger partial charge in [0.2, 0.25) is 5.91 Å². The molecule has 0 aliphatic heterocycles. The highest BCUT2D eigenvalue weighted by Gasteiger charge is 2.15. The van der Waals surface area contributed by atoms with E-state index >= 15 is 0 Å². The molecule has 1 N–H and O–H groups in total. The standard InChI is InChI=1S/C18H18N4O3S/c1-12(23)19-10-13-5-7-14(8-6-13)15(24)11-26-18-21-20-17(22(18)2)16-4-3-9-25-16/h3-9H,10-11H2,1-2H3,(H,19,23). The van der Waals surface area contributed by atoms with Gasteiger partial charge in [0.05, 0.1) is 12.0 Å². The van der Waals surface area contributed by atoms with Crippen molar-refractivity contribution in [1.82, 2.24) is 20.1 Å². The third-order valence-electron chi connectivity index (χ3n) is 3.73. The zero-order chi connectivity index (χ0) is 18.5. The van der Waals surface area contributed by atoms with E-state index < -0.39 is 0 Å². The van der Waals surface area contributed by atoms with Gasteiger partial charge in [0.25, 0.3) is 0 Å². The van der Waals surface area contributed by atoms with Gasteiger partial charge in [-0.05, 0) is 17.7 Å². The van der Waals surface area contributed by atoms with Crippen molar-refractivity contribution in [3.63, 3.8) is 0 Å². The first kappa shape index (κ1) is 17.9. The summed E-state index contributed by atoms with van der Waals surface area (Å²) in [6.45, 7) is 1.92. The molecule has 1 amide bonds. The molecule has 1 aromatic carbocycles. The minimum Gasteiger partial charge on any atom is -0.461 e. The maximum Gasteiger partial charge on any atom is 0.217 e. The van der Waals surface area contributed by atoms with Gasteiger partial charge < -0.3 is 14.3 Å². The van der Waals surface area contributed by atoms with Crippen LogP contribution in [-0.4, -0.2) is 32.2 Å². The summed E-state index contributed by atoms with van der Waals surface area (Å²) in [5, 5.41) is 11.6. The van der Waals surface area contributed by atoms with E-state index in [2.05, 4.69) is 15.5 Å². The summed E-state index contributed by atoms with van der Waals surface area (Å²) in [5.41, 5.74) is 1.57. The number of nitrogens with one attached hydrogen (secondary N) is 1. The molecule has 2 aromatic heterocycles. The summed E-state index contributed by atoms with van der Waals surface area (Å²) >= 11 is 1.33. The summed E-state index contributed by atoms with van der Waals surface area (Å²) < 4.78 is 7.13. The van der Waals surface area contributed by atoms with Crippen LogP contribution in [0.2, 0.25) is 0 Å². The molecule has 0 aliphatic carbocycles. The predicted molar refractivity (Wildman–Crippen MR) is 97.7 cm³/mol. The fraction of sp³-hybridized carbons (Fsp3) is 0.222. The second-order valence-electron chi connectivity index (χ2n) is 5.66. The number of carbonyl (C=O) groups excluding carboxylic acids is 2. The molecule has 3 rings (SSSR count). The van der Waals surface area contributed by atoms with Crippen LogP contribution in [0.25, 0.3) is 11.6 Å². The number of hydrogen-bond acceptors (Lipinski definition) is 6. The van der Waals surface area contributed by atoms with Crippen LogP contribution in [0.3, 0.4) is 0 Å². The Morgan fingerprint density at radius 1 is 1.19 bits per heavy atom. The molecule has 0 unspecified atom stereocenters. The van der Waals surface area contributed by atoms with E-state index in [0.29, 0.717) is 28.8 Å². The number of carbonyl (C=O) groups is 2. The molecule has 0 fully saturated rings. The summed E-state index contributed by atoms with van der Waals surface area (Å²) in [4.78, 5) is 23.3. The number of nitrogens with zero attached hydrogens (tertiary/aromatic N) is 3. The van der Waals surface area contributed by atoms with Crippen LogP contribution in [0.15, 0.2) is 52.2 Å².